The molecule has 0 bridgehead atoms. The molecule has 1 aliphatic rings. The van der Waals surface area contributed by atoms with Crippen LogP contribution in [0.4, 0.5) is 0 Å². The van der Waals surface area contributed by atoms with Crippen molar-refractivity contribution >= 4 is 5.91 Å². The Kier molecular flexibility index (Phi) is 4.36. The molecule has 0 aromatic carbocycles. The molecule has 0 aliphatic heterocycles. The van der Waals surface area contributed by atoms with Crippen molar-refractivity contribution in [1.29, 1.82) is 0 Å². The first kappa shape index (κ1) is 13.5. The first-order valence-electron chi connectivity index (χ1n) is 6.53. The number of nitrogens with one attached hydrogen (secondary N) is 1. The first-order chi connectivity index (χ1) is 7.46. The van der Waals surface area contributed by atoms with Crippen LogP contribution in [-0.2, 0) is 4.79 Å². The minimum Gasteiger partial charge on any atom is -0.354 e. The van der Waals surface area contributed by atoms with Crippen molar-refractivity contribution in [2.75, 3.05) is 6.54 Å². The zero-order chi connectivity index (χ0) is 12.2. The summed E-state index contributed by atoms with van der Waals surface area (Å²) in [4.78, 5) is 11.9. The van der Waals surface area contributed by atoms with Crippen molar-refractivity contribution in [2.24, 2.45) is 11.1 Å². The minimum atomic E-state index is -0.701. The van der Waals surface area contributed by atoms with Crippen molar-refractivity contribution in [3.05, 3.63) is 0 Å². The summed E-state index contributed by atoms with van der Waals surface area (Å²) in [5.74, 6) is 0.00840. The van der Waals surface area contributed by atoms with Crippen molar-refractivity contribution in [3.63, 3.8) is 0 Å². The van der Waals surface area contributed by atoms with E-state index in [1.165, 1.54) is 19.3 Å². The standard InChI is InChI=1S/C13H26N2O/c1-4-7-12(3,14)11(16)15-10-13(5-2)8-6-9-13/h4-10,14H2,1-3H3,(H,15,16). The van der Waals surface area contributed by atoms with Crippen LogP contribution < -0.4 is 11.1 Å². The van der Waals surface area contributed by atoms with E-state index in [0.29, 0.717) is 5.41 Å². The molecule has 94 valence electrons. The van der Waals surface area contributed by atoms with Gasteiger partial charge in [-0.2, -0.15) is 0 Å². The van der Waals surface area contributed by atoms with Gasteiger partial charge in [0.2, 0.25) is 5.91 Å². The van der Waals surface area contributed by atoms with Crippen LogP contribution >= 0.6 is 0 Å². The number of nitrogens with two attached hydrogens (primary N) is 1. The van der Waals surface area contributed by atoms with E-state index in [9.17, 15) is 4.79 Å². The molecule has 1 aliphatic carbocycles. The van der Waals surface area contributed by atoms with Crippen LogP contribution in [0.3, 0.4) is 0 Å². The van der Waals surface area contributed by atoms with E-state index in [4.69, 9.17) is 5.73 Å². The molecule has 1 unspecified atom stereocenters. The molecule has 0 aromatic heterocycles. The number of rotatable bonds is 6. The van der Waals surface area contributed by atoms with Gasteiger partial charge in [0, 0.05) is 6.54 Å². The molecule has 1 atom stereocenters. The van der Waals surface area contributed by atoms with Crippen molar-refractivity contribution in [2.45, 2.75) is 64.8 Å². The number of amides is 1. The first-order valence-corrected chi connectivity index (χ1v) is 6.53. The van der Waals surface area contributed by atoms with Crippen LogP contribution in [0.2, 0.25) is 0 Å². The second-order valence-electron chi connectivity index (χ2n) is 5.56. The quantitative estimate of drug-likeness (QED) is 0.729. The summed E-state index contributed by atoms with van der Waals surface area (Å²) >= 11 is 0. The maximum atomic E-state index is 11.9. The van der Waals surface area contributed by atoms with Crippen LogP contribution in [0.1, 0.15) is 59.3 Å². The molecule has 3 nitrogen and oxygen atoms in total. The highest BCUT2D eigenvalue weighted by Gasteiger charge is 2.36. The summed E-state index contributed by atoms with van der Waals surface area (Å²) in [6.07, 6.45) is 6.65. The third-order valence-corrected chi connectivity index (χ3v) is 4.08. The lowest BCUT2D eigenvalue weighted by Crippen LogP contribution is -2.54. The molecule has 0 heterocycles. The molecule has 0 aromatic rings. The predicted molar refractivity (Wildman–Crippen MR) is 67.1 cm³/mol. The SMILES string of the molecule is CCCC(C)(N)C(=O)NCC1(CC)CCC1. The molecular formula is C13H26N2O. The van der Waals surface area contributed by atoms with E-state index in [0.717, 1.165) is 25.8 Å². The Labute approximate surface area is 99.2 Å². The van der Waals surface area contributed by atoms with Crippen molar-refractivity contribution in [1.82, 2.24) is 5.32 Å². The maximum Gasteiger partial charge on any atom is 0.239 e. The Bertz CT molecular complexity index is 239. The Hall–Kier alpha value is -0.570. The fourth-order valence-corrected chi connectivity index (χ4v) is 2.43. The fourth-order valence-electron chi connectivity index (χ4n) is 2.43. The molecule has 16 heavy (non-hydrogen) atoms. The highest BCUT2D eigenvalue weighted by molar-refractivity contribution is 5.85. The fraction of sp³-hybridized carbons (Fsp3) is 0.923. The number of carbonyl (C=O) groups excluding carboxylic acids is 1. The zero-order valence-corrected chi connectivity index (χ0v) is 10.9. The van der Waals surface area contributed by atoms with Gasteiger partial charge in [-0.25, -0.2) is 0 Å². The number of hydrogen-bond donors (Lipinski definition) is 2. The molecule has 1 saturated carbocycles. The Morgan fingerprint density at radius 3 is 2.44 bits per heavy atom. The van der Waals surface area contributed by atoms with Gasteiger partial charge >= 0.3 is 0 Å². The third kappa shape index (κ3) is 2.97. The molecule has 1 rings (SSSR count). The Morgan fingerprint density at radius 2 is 2.06 bits per heavy atom. The highest BCUT2D eigenvalue weighted by Crippen LogP contribution is 2.43. The average molecular weight is 226 g/mol. The summed E-state index contributed by atoms with van der Waals surface area (Å²) in [5.41, 5.74) is 5.66. The lowest BCUT2D eigenvalue weighted by atomic mass is 9.67. The molecule has 1 amide bonds. The maximum absolute atomic E-state index is 11.9. The lowest BCUT2D eigenvalue weighted by molar-refractivity contribution is -0.127. The van der Waals surface area contributed by atoms with Gasteiger partial charge in [-0.05, 0) is 38.0 Å². The van der Waals surface area contributed by atoms with E-state index in [1.807, 2.05) is 6.92 Å². The minimum absolute atomic E-state index is 0.00840. The molecule has 0 spiro atoms. The highest BCUT2D eigenvalue weighted by atomic mass is 16.2. The van der Waals surface area contributed by atoms with E-state index < -0.39 is 5.54 Å². The van der Waals surface area contributed by atoms with Crippen molar-refractivity contribution in [3.8, 4) is 0 Å². The van der Waals surface area contributed by atoms with Crippen LogP contribution in [0.15, 0.2) is 0 Å². The molecule has 3 N–H and O–H groups in total. The molecule has 1 fully saturated rings. The smallest absolute Gasteiger partial charge is 0.239 e. The van der Waals surface area contributed by atoms with Gasteiger partial charge in [0.05, 0.1) is 5.54 Å². The lowest BCUT2D eigenvalue weighted by Gasteiger charge is -2.42. The van der Waals surface area contributed by atoms with Crippen LogP contribution in [0, 0.1) is 5.41 Å². The summed E-state index contributed by atoms with van der Waals surface area (Å²) in [6.45, 7) is 6.89. The molecule has 3 heteroatoms. The van der Waals surface area contributed by atoms with Gasteiger partial charge in [0.1, 0.15) is 0 Å². The Balaban J connectivity index is 2.40. The van der Waals surface area contributed by atoms with Gasteiger partial charge in [-0.1, -0.05) is 26.7 Å². The van der Waals surface area contributed by atoms with E-state index >= 15 is 0 Å². The normalized spacial score (nSPS) is 22.0. The van der Waals surface area contributed by atoms with Gasteiger partial charge in [-0.3, -0.25) is 4.79 Å². The predicted octanol–water partition coefficient (Wildman–Crippen LogP) is 2.20. The largest absolute Gasteiger partial charge is 0.354 e. The molecule has 0 radical (unpaired) electrons. The Morgan fingerprint density at radius 1 is 1.44 bits per heavy atom. The number of carbonyl (C=O) groups is 1. The third-order valence-electron chi connectivity index (χ3n) is 4.08. The monoisotopic (exact) mass is 226 g/mol. The summed E-state index contributed by atoms with van der Waals surface area (Å²) in [7, 11) is 0. The summed E-state index contributed by atoms with van der Waals surface area (Å²) in [6, 6.07) is 0. The van der Waals surface area contributed by atoms with Crippen LogP contribution in [-0.4, -0.2) is 18.0 Å². The second-order valence-corrected chi connectivity index (χ2v) is 5.56. The van der Waals surface area contributed by atoms with Gasteiger partial charge < -0.3 is 11.1 Å². The second kappa shape index (κ2) is 5.17. The van der Waals surface area contributed by atoms with E-state index in [1.54, 1.807) is 0 Å². The topological polar surface area (TPSA) is 55.1 Å². The average Bonchev–Trinajstić information content (AvgIpc) is 2.16. The van der Waals surface area contributed by atoms with Gasteiger partial charge in [0.15, 0.2) is 0 Å². The summed E-state index contributed by atoms with van der Waals surface area (Å²) in [5, 5.41) is 3.04. The van der Waals surface area contributed by atoms with Crippen LogP contribution in [0.5, 0.6) is 0 Å². The van der Waals surface area contributed by atoms with E-state index in [-0.39, 0.29) is 5.91 Å². The number of hydrogen-bond acceptors (Lipinski definition) is 2. The van der Waals surface area contributed by atoms with Crippen molar-refractivity contribution < 1.29 is 4.79 Å². The van der Waals surface area contributed by atoms with Gasteiger partial charge in [-0.15, -0.1) is 0 Å². The van der Waals surface area contributed by atoms with E-state index in [2.05, 4.69) is 19.2 Å². The van der Waals surface area contributed by atoms with Crippen LogP contribution in [0.25, 0.3) is 0 Å². The zero-order valence-electron chi connectivity index (χ0n) is 10.9. The molecule has 0 saturated heterocycles. The molecular weight excluding hydrogens is 200 g/mol. The summed E-state index contributed by atoms with van der Waals surface area (Å²) < 4.78 is 0. The van der Waals surface area contributed by atoms with Gasteiger partial charge in [0.25, 0.3) is 0 Å².